The quantitative estimate of drug-likeness (QED) is 0.763. The van der Waals surface area contributed by atoms with E-state index in [-0.39, 0.29) is 11.8 Å². The Balaban J connectivity index is 1.21. The summed E-state index contributed by atoms with van der Waals surface area (Å²) < 4.78 is 0. The van der Waals surface area contributed by atoms with E-state index in [2.05, 4.69) is 9.80 Å². The number of rotatable bonds is 2. The molecule has 0 aromatic heterocycles. The Morgan fingerprint density at radius 3 is 2.36 bits per heavy atom. The van der Waals surface area contributed by atoms with E-state index in [1.165, 1.54) is 32.4 Å². The molecule has 1 saturated carbocycles. The molecule has 5 nitrogen and oxygen atoms in total. The maximum atomic E-state index is 13.1. The molecule has 0 radical (unpaired) electrons. The standard InChI is InChI=1S/C20H31N3O2/c24-19(14-6-7-14)22-9-3-4-15(10-22)20(25)23-12-16-11-21-8-2-1-5-18(21)17(16)13-23/h14-18H,1-13H2/t15-,16+,17+,18+/m0/s1. The van der Waals surface area contributed by atoms with Crippen LogP contribution < -0.4 is 0 Å². The van der Waals surface area contributed by atoms with Crippen molar-refractivity contribution in [1.29, 1.82) is 0 Å². The highest BCUT2D eigenvalue weighted by Crippen LogP contribution is 2.41. The zero-order chi connectivity index (χ0) is 17.0. The van der Waals surface area contributed by atoms with Crippen LogP contribution in [-0.2, 0) is 9.59 Å². The summed E-state index contributed by atoms with van der Waals surface area (Å²) in [5, 5.41) is 0. The van der Waals surface area contributed by atoms with Gasteiger partial charge >= 0.3 is 0 Å². The summed E-state index contributed by atoms with van der Waals surface area (Å²) in [6, 6.07) is 0.732. The third-order valence-corrected chi connectivity index (χ3v) is 7.44. The Kier molecular flexibility index (Phi) is 4.03. The van der Waals surface area contributed by atoms with Crippen molar-refractivity contribution in [1.82, 2.24) is 14.7 Å². The number of carbonyl (C=O) groups is 2. The second kappa shape index (κ2) is 6.26. The third-order valence-electron chi connectivity index (χ3n) is 7.44. The molecule has 5 heteroatoms. The minimum atomic E-state index is 0.0535. The van der Waals surface area contributed by atoms with E-state index in [0.717, 1.165) is 51.4 Å². The van der Waals surface area contributed by atoms with Gasteiger partial charge in [0.05, 0.1) is 5.92 Å². The lowest BCUT2D eigenvalue weighted by Gasteiger charge is -2.36. The van der Waals surface area contributed by atoms with Gasteiger partial charge in [0.1, 0.15) is 0 Å². The molecule has 4 atom stereocenters. The predicted molar refractivity (Wildman–Crippen MR) is 94.8 cm³/mol. The fourth-order valence-corrected chi connectivity index (χ4v) is 5.96. The normalized spacial score (nSPS) is 38.6. The van der Waals surface area contributed by atoms with Gasteiger partial charge in [0, 0.05) is 44.7 Å². The molecule has 5 rings (SSSR count). The first-order valence-electron chi connectivity index (χ1n) is 10.5. The largest absolute Gasteiger partial charge is 0.342 e. The first kappa shape index (κ1) is 16.1. The van der Waals surface area contributed by atoms with Crippen LogP contribution in [0.1, 0.15) is 44.9 Å². The molecule has 0 aromatic carbocycles. The van der Waals surface area contributed by atoms with Crippen LogP contribution >= 0.6 is 0 Å². The van der Waals surface area contributed by atoms with Crippen LogP contribution in [0, 0.1) is 23.7 Å². The Hall–Kier alpha value is -1.10. The number of likely N-dealkylation sites (tertiary alicyclic amines) is 2. The van der Waals surface area contributed by atoms with Crippen molar-refractivity contribution in [3.8, 4) is 0 Å². The molecule has 5 fully saturated rings. The van der Waals surface area contributed by atoms with Crippen LogP contribution in [-0.4, -0.2) is 71.8 Å². The second-order valence-corrected chi connectivity index (χ2v) is 9.12. The topological polar surface area (TPSA) is 43.9 Å². The van der Waals surface area contributed by atoms with E-state index in [0.29, 0.717) is 30.2 Å². The SMILES string of the molecule is O=C(C1CC1)N1CCC[C@H](C(=O)N2C[C@H]3CN4CCCC[C@@H]4[C@@H]3C2)C1. The minimum absolute atomic E-state index is 0.0535. The average molecular weight is 345 g/mol. The second-order valence-electron chi connectivity index (χ2n) is 9.12. The highest BCUT2D eigenvalue weighted by Gasteiger charge is 2.49. The number of nitrogens with zero attached hydrogens (tertiary/aromatic N) is 3. The third kappa shape index (κ3) is 2.88. The van der Waals surface area contributed by atoms with Crippen molar-refractivity contribution in [3.05, 3.63) is 0 Å². The van der Waals surface area contributed by atoms with Crippen LogP contribution in [0.15, 0.2) is 0 Å². The van der Waals surface area contributed by atoms with Gasteiger partial charge in [-0.2, -0.15) is 0 Å². The molecular weight excluding hydrogens is 314 g/mol. The summed E-state index contributed by atoms with van der Waals surface area (Å²) in [5.41, 5.74) is 0. The molecule has 138 valence electrons. The number of carbonyl (C=O) groups excluding carboxylic acids is 2. The molecule has 4 heterocycles. The number of amides is 2. The van der Waals surface area contributed by atoms with Crippen molar-refractivity contribution in [2.45, 2.75) is 51.0 Å². The zero-order valence-corrected chi connectivity index (χ0v) is 15.2. The number of piperidine rings is 2. The van der Waals surface area contributed by atoms with E-state index >= 15 is 0 Å². The van der Waals surface area contributed by atoms with Gasteiger partial charge in [0.2, 0.25) is 11.8 Å². The molecule has 5 aliphatic rings. The molecule has 0 bridgehead atoms. The lowest BCUT2D eigenvalue weighted by atomic mass is 9.90. The van der Waals surface area contributed by atoms with E-state index in [9.17, 15) is 9.59 Å². The Morgan fingerprint density at radius 2 is 1.52 bits per heavy atom. The molecule has 0 aromatic rings. The number of fused-ring (bicyclic) bond motifs is 3. The molecule has 2 amide bonds. The zero-order valence-electron chi connectivity index (χ0n) is 15.2. The van der Waals surface area contributed by atoms with Crippen molar-refractivity contribution in [2.24, 2.45) is 23.7 Å². The van der Waals surface area contributed by atoms with Gasteiger partial charge in [-0.05, 0) is 56.9 Å². The Labute approximate surface area is 150 Å². The lowest BCUT2D eigenvalue weighted by Crippen LogP contribution is -2.47. The predicted octanol–water partition coefficient (Wildman–Crippen LogP) is 1.58. The van der Waals surface area contributed by atoms with Gasteiger partial charge in [-0.15, -0.1) is 0 Å². The Bertz CT molecular complexity index is 561. The van der Waals surface area contributed by atoms with Gasteiger partial charge in [0.25, 0.3) is 0 Å². The Morgan fingerprint density at radius 1 is 0.680 bits per heavy atom. The number of hydrogen-bond acceptors (Lipinski definition) is 3. The molecule has 0 spiro atoms. The fourth-order valence-electron chi connectivity index (χ4n) is 5.96. The van der Waals surface area contributed by atoms with E-state index in [1.807, 2.05) is 4.90 Å². The smallest absolute Gasteiger partial charge is 0.227 e. The van der Waals surface area contributed by atoms with Crippen LogP contribution in [0.3, 0.4) is 0 Å². The minimum Gasteiger partial charge on any atom is -0.342 e. The molecule has 1 aliphatic carbocycles. The maximum Gasteiger partial charge on any atom is 0.227 e. The average Bonchev–Trinajstić information content (AvgIpc) is 3.32. The van der Waals surface area contributed by atoms with E-state index in [1.54, 1.807) is 0 Å². The van der Waals surface area contributed by atoms with Gasteiger partial charge in [-0.25, -0.2) is 0 Å². The van der Waals surface area contributed by atoms with Crippen LogP contribution in [0.25, 0.3) is 0 Å². The van der Waals surface area contributed by atoms with Gasteiger partial charge in [0.15, 0.2) is 0 Å². The summed E-state index contributed by atoms with van der Waals surface area (Å²) in [7, 11) is 0. The number of hydrogen-bond donors (Lipinski definition) is 0. The highest BCUT2D eigenvalue weighted by molar-refractivity contribution is 5.83. The van der Waals surface area contributed by atoms with Crippen molar-refractivity contribution < 1.29 is 9.59 Å². The molecule has 4 saturated heterocycles. The summed E-state index contributed by atoms with van der Waals surface area (Å²) >= 11 is 0. The van der Waals surface area contributed by atoms with Crippen molar-refractivity contribution in [3.63, 3.8) is 0 Å². The van der Waals surface area contributed by atoms with Crippen molar-refractivity contribution in [2.75, 3.05) is 39.3 Å². The summed E-state index contributed by atoms with van der Waals surface area (Å²) in [6.07, 6.45) is 8.12. The monoisotopic (exact) mass is 345 g/mol. The fraction of sp³-hybridized carbons (Fsp3) is 0.900. The molecule has 0 N–H and O–H groups in total. The van der Waals surface area contributed by atoms with Gasteiger partial charge in [-0.3, -0.25) is 14.5 Å². The van der Waals surface area contributed by atoms with Crippen LogP contribution in [0.5, 0.6) is 0 Å². The van der Waals surface area contributed by atoms with Crippen molar-refractivity contribution >= 4 is 11.8 Å². The highest BCUT2D eigenvalue weighted by atomic mass is 16.2. The van der Waals surface area contributed by atoms with E-state index < -0.39 is 0 Å². The van der Waals surface area contributed by atoms with E-state index in [4.69, 9.17) is 0 Å². The summed E-state index contributed by atoms with van der Waals surface area (Å²) in [6.45, 7) is 5.95. The molecular formula is C20H31N3O2. The van der Waals surface area contributed by atoms with Crippen LogP contribution in [0.4, 0.5) is 0 Å². The lowest BCUT2D eigenvalue weighted by molar-refractivity contribution is -0.141. The molecule has 0 unspecified atom stereocenters. The molecule has 4 aliphatic heterocycles. The first-order valence-corrected chi connectivity index (χ1v) is 10.5. The van der Waals surface area contributed by atoms with Gasteiger partial charge < -0.3 is 9.80 Å². The molecule has 25 heavy (non-hydrogen) atoms. The van der Waals surface area contributed by atoms with Gasteiger partial charge in [-0.1, -0.05) is 6.42 Å². The van der Waals surface area contributed by atoms with Crippen LogP contribution in [0.2, 0.25) is 0 Å². The first-order chi connectivity index (χ1) is 12.2. The maximum absolute atomic E-state index is 13.1. The summed E-state index contributed by atoms with van der Waals surface area (Å²) in [5.74, 6) is 2.38. The summed E-state index contributed by atoms with van der Waals surface area (Å²) in [4.78, 5) is 32.3.